The molecule has 1 N–H and O–H groups in total. The first kappa shape index (κ1) is 20.6. The largest absolute Gasteiger partial charge is 0.355 e. The Bertz CT molecular complexity index is 982. The van der Waals surface area contributed by atoms with E-state index < -0.39 is 0 Å². The lowest BCUT2D eigenvalue weighted by molar-refractivity contribution is 0.0915. The quantitative estimate of drug-likeness (QED) is 0.595. The van der Waals surface area contributed by atoms with Gasteiger partial charge in [0.2, 0.25) is 0 Å². The van der Waals surface area contributed by atoms with Gasteiger partial charge in [-0.1, -0.05) is 35.3 Å². The molecule has 156 valence electrons. The van der Waals surface area contributed by atoms with E-state index in [-0.39, 0.29) is 23.5 Å². The average molecular weight is 428 g/mol. The minimum atomic E-state index is -0.331. The van der Waals surface area contributed by atoms with E-state index in [0.29, 0.717) is 22.9 Å². The molecular formula is C23H23ClFN3O2. The van der Waals surface area contributed by atoms with Gasteiger partial charge in [-0.3, -0.25) is 9.69 Å². The first-order chi connectivity index (χ1) is 14.6. The summed E-state index contributed by atoms with van der Waals surface area (Å²) in [5.74, 6) is -0.212. The lowest BCUT2D eigenvalue weighted by Crippen LogP contribution is -2.40. The first-order valence-electron chi connectivity index (χ1n) is 10.1. The molecule has 0 radical (unpaired) electrons. The van der Waals surface area contributed by atoms with E-state index in [9.17, 15) is 9.18 Å². The molecular weight excluding hydrogens is 405 g/mol. The zero-order chi connectivity index (χ0) is 20.9. The Morgan fingerprint density at radius 2 is 1.80 bits per heavy atom. The van der Waals surface area contributed by atoms with Crippen LogP contribution in [0.3, 0.4) is 0 Å². The number of nitrogens with zero attached hydrogens (tertiary/aromatic N) is 2. The molecule has 1 atom stereocenters. The monoisotopic (exact) mass is 427 g/mol. The van der Waals surface area contributed by atoms with E-state index in [2.05, 4.69) is 15.4 Å². The van der Waals surface area contributed by atoms with Crippen LogP contribution in [0.1, 0.15) is 41.4 Å². The molecule has 4 rings (SSSR count). The highest BCUT2D eigenvalue weighted by Crippen LogP contribution is 2.26. The van der Waals surface area contributed by atoms with Crippen molar-refractivity contribution in [3.8, 4) is 11.3 Å². The van der Waals surface area contributed by atoms with Crippen molar-refractivity contribution < 1.29 is 13.7 Å². The number of aromatic nitrogens is 1. The number of hydrogen-bond donors (Lipinski definition) is 1. The van der Waals surface area contributed by atoms with Gasteiger partial charge in [0.15, 0.2) is 11.5 Å². The van der Waals surface area contributed by atoms with Gasteiger partial charge >= 0.3 is 0 Å². The fourth-order valence-electron chi connectivity index (χ4n) is 3.79. The second kappa shape index (κ2) is 9.41. The summed E-state index contributed by atoms with van der Waals surface area (Å²) in [6, 6.07) is 15.3. The Hall–Kier alpha value is -2.70. The molecule has 1 saturated heterocycles. The normalized spacial score (nSPS) is 15.7. The number of carbonyl (C=O) groups excluding carboxylic acids is 1. The summed E-state index contributed by atoms with van der Waals surface area (Å²) < 4.78 is 18.4. The van der Waals surface area contributed by atoms with Gasteiger partial charge in [0.1, 0.15) is 5.82 Å². The van der Waals surface area contributed by atoms with Gasteiger partial charge < -0.3 is 9.84 Å². The van der Waals surface area contributed by atoms with Gasteiger partial charge in [0.05, 0.1) is 6.04 Å². The second-order valence-electron chi connectivity index (χ2n) is 7.46. The molecule has 1 aliphatic heterocycles. The van der Waals surface area contributed by atoms with Crippen LogP contribution in [0.2, 0.25) is 5.02 Å². The molecule has 7 heteroatoms. The minimum absolute atomic E-state index is 0.0648. The molecule has 1 unspecified atom stereocenters. The lowest BCUT2D eigenvalue weighted by atomic mass is 10.0. The number of likely N-dealkylation sites (tertiary alicyclic amines) is 1. The van der Waals surface area contributed by atoms with Gasteiger partial charge in [-0.2, -0.15) is 0 Å². The van der Waals surface area contributed by atoms with Crippen molar-refractivity contribution in [1.82, 2.24) is 15.4 Å². The SMILES string of the molecule is O=C(NCC(c1ccc(Cl)cc1)N1CCCCC1)c1cc(-c2ccc(F)cc2)on1. The average Bonchev–Trinajstić information content (AvgIpc) is 3.27. The van der Waals surface area contributed by atoms with Gasteiger partial charge in [0, 0.05) is 23.2 Å². The van der Waals surface area contributed by atoms with Crippen LogP contribution in [0.4, 0.5) is 4.39 Å². The predicted molar refractivity (Wildman–Crippen MR) is 114 cm³/mol. The number of rotatable bonds is 6. The first-order valence-corrected chi connectivity index (χ1v) is 10.5. The fourth-order valence-corrected chi connectivity index (χ4v) is 3.91. The maximum Gasteiger partial charge on any atom is 0.273 e. The number of benzene rings is 2. The van der Waals surface area contributed by atoms with Crippen LogP contribution in [0, 0.1) is 5.82 Å². The fraction of sp³-hybridized carbons (Fsp3) is 0.304. The maximum absolute atomic E-state index is 13.1. The lowest BCUT2D eigenvalue weighted by Gasteiger charge is -2.35. The van der Waals surface area contributed by atoms with Crippen LogP contribution in [-0.4, -0.2) is 35.6 Å². The Morgan fingerprint density at radius 3 is 2.50 bits per heavy atom. The summed E-state index contributed by atoms with van der Waals surface area (Å²) in [5.41, 5.74) is 1.98. The molecule has 5 nitrogen and oxygen atoms in total. The molecule has 0 spiro atoms. The number of piperidine rings is 1. The summed E-state index contributed by atoms with van der Waals surface area (Å²) >= 11 is 6.05. The Balaban J connectivity index is 1.45. The highest BCUT2D eigenvalue weighted by Gasteiger charge is 2.24. The van der Waals surface area contributed by atoms with Crippen molar-refractivity contribution in [3.05, 3.63) is 76.7 Å². The molecule has 2 heterocycles. The summed E-state index contributed by atoms with van der Waals surface area (Å²) in [5, 5.41) is 7.56. The predicted octanol–water partition coefficient (Wildman–Crippen LogP) is 5.09. The van der Waals surface area contributed by atoms with Crippen LogP contribution in [-0.2, 0) is 0 Å². The molecule has 1 fully saturated rings. The van der Waals surface area contributed by atoms with Crippen LogP contribution >= 0.6 is 11.6 Å². The van der Waals surface area contributed by atoms with E-state index in [0.717, 1.165) is 31.5 Å². The zero-order valence-electron chi connectivity index (χ0n) is 16.5. The highest BCUT2D eigenvalue weighted by molar-refractivity contribution is 6.30. The summed E-state index contributed by atoms with van der Waals surface area (Å²) in [4.78, 5) is 15.1. The smallest absolute Gasteiger partial charge is 0.273 e. The molecule has 1 aromatic heterocycles. The molecule has 3 aromatic rings. The number of hydrogen-bond acceptors (Lipinski definition) is 4. The van der Waals surface area contributed by atoms with Crippen LogP contribution in [0.15, 0.2) is 59.1 Å². The van der Waals surface area contributed by atoms with Crippen LogP contribution in [0.5, 0.6) is 0 Å². The zero-order valence-corrected chi connectivity index (χ0v) is 17.2. The Labute approximate surface area is 179 Å². The van der Waals surface area contributed by atoms with E-state index >= 15 is 0 Å². The molecule has 0 aliphatic carbocycles. The van der Waals surface area contributed by atoms with Crippen molar-refractivity contribution in [2.75, 3.05) is 19.6 Å². The van der Waals surface area contributed by atoms with Gasteiger partial charge in [0.25, 0.3) is 5.91 Å². The standard InChI is InChI=1S/C23H23ClFN3O2/c24-18-8-4-16(5-9-18)21(28-12-2-1-3-13-28)15-26-23(29)20-14-22(30-27-20)17-6-10-19(25)11-7-17/h4-11,14,21H,1-3,12-13,15H2,(H,26,29). The van der Waals surface area contributed by atoms with E-state index in [4.69, 9.17) is 16.1 Å². The highest BCUT2D eigenvalue weighted by atomic mass is 35.5. The van der Waals surface area contributed by atoms with E-state index in [1.807, 2.05) is 24.3 Å². The topological polar surface area (TPSA) is 58.4 Å². The maximum atomic E-state index is 13.1. The van der Waals surface area contributed by atoms with Crippen molar-refractivity contribution in [3.63, 3.8) is 0 Å². The molecule has 1 aliphatic rings. The van der Waals surface area contributed by atoms with Gasteiger partial charge in [-0.05, 0) is 67.9 Å². The molecule has 30 heavy (non-hydrogen) atoms. The number of amides is 1. The van der Waals surface area contributed by atoms with Crippen LogP contribution in [0.25, 0.3) is 11.3 Å². The molecule has 0 bridgehead atoms. The van der Waals surface area contributed by atoms with Crippen molar-refractivity contribution in [2.45, 2.75) is 25.3 Å². The number of halogens is 2. The van der Waals surface area contributed by atoms with Crippen LogP contribution < -0.4 is 5.32 Å². The molecule has 2 aromatic carbocycles. The number of nitrogens with one attached hydrogen (secondary N) is 1. The Kier molecular flexibility index (Phi) is 6.45. The van der Waals surface area contributed by atoms with E-state index in [1.54, 1.807) is 18.2 Å². The molecule has 0 saturated carbocycles. The summed E-state index contributed by atoms with van der Waals surface area (Å²) in [7, 11) is 0. The summed E-state index contributed by atoms with van der Waals surface area (Å²) in [6.07, 6.45) is 3.55. The van der Waals surface area contributed by atoms with E-state index in [1.165, 1.54) is 18.6 Å². The number of carbonyl (C=O) groups is 1. The van der Waals surface area contributed by atoms with Crippen molar-refractivity contribution in [2.24, 2.45) is 0 Å². The minimum Gasteiger partial charge on any atom is -0.355 e. The van der Waals surface area contributed by atoms with Crippen molar-refractivity contribution >= 4 is 17.5 Å². The second-order valence-corrected chi connectivity index (χ2v) is 7.89. The third kappa shape index (κ3) is 4.89. The van der Waals surface area contributed by atoms with Gasteiger partial charge in [-0.15, -0.1) is 0 Å². The third-order valence-corrected chi connectivity index (χ3v) is 5.67. The summed E-state index contributed by atoms with van der Waals surface area (Å²) in [6.45, 7) is 2.46. The van der Waals surface area contributed by atoms with Crippen molar-refractivity contribution in [1.29, 1.82) is 0 Å². The third-order valence-electron chi connectivity index (χ3n) is 5.41. The Morgan fingerprint density at radius 1 is 1.10 bits per heavy atom. The van der Waals surface area contributed by atoms with Gasteiger partial charge in [-0.25, -0.2) is 4.39 Å². The molecule has 1 amide bonds.